The van der Waals surface area contributed by atoms with E-state index in [4.69, 9.17) is 11.6 Å². The number of carbonyl (C=O) groups excluding carboxylic acids is 1. The van der Waals surface area contributed by atoms with Gasteiger partial charge in [0.2, 0.25) is 5.91 Å². The Morgan fingerprint density at radius 3 is 2.73 bits per heavy atom. The number of anilines is 1. The highest BCUT2D eigenvalue weighted by molar-refractivity contribution is 6.31. The van der Waals surface area contributed by atoms with E-state index in [0.717, 1.165) is 28.6 Å². The van der Waals surface area contributed by atoms with Gasteiger partial charge in [0.1, 0.15) is 0 Å². The zero-order chi connectivity index (χ0) is 15.7. The number of hydrogen-bond acceptors (Lipinski definition) is 1. The molecule has 0 aliphatic heterocycles. The largest absolute Gasteiger partial charge is 0.361 e. The van der Waals surface area contributed by atoms with Gasteiger partial charge < -0.3 is 10.3 Å². The van der Waals surface area contributed by atoms with Crippen LogP contribution in [0.4, 0.5) is 14.5 Å². The lowest BCUT2D eigenvalue weighted by Crippen LogP contribution is -2.14. The van der Waals surface area contributed by atoms with E-state index < -0.39 is 11.6 Å². The number of hydrogen-bond donors (Lipinski definition) is 2. The van der Waals surface area contributed by atoms with Crippen molar-refractivity contribution in [3.05, 3.63) is 64.8 Å². The molecule has 112 valence electrons. The van der Waals surface area contributed by atoms with Gasteiger partial charge in [0.05, 0.1) is 6.42 Å². The molecule has 0 aliphatic rings. The maximum Gasteiger partial charge on any atom is 0.228 e. The number of halogens is 3. The van der Waals surface area contributed by atoms with Crippen molar-refractivity contribution in [1.82, 2.24) is 4.98 Å². The topological polar surface area (TPSA) is 44.9 Å². The second kappa shape index (κ2) is 5.77. The van der Waals surface area contributed by atoms with Crippen LogP contribution in [0.2, 0.25) is 5.02 Å². The van der Waals surface area contributed by atoms with E-state index in [1.807, 2.05) is 6.07 Å². The van der Waals surface area contributed by atoms with Crippen molar-refractivity contribution in [2.75, 3.05) is 5.32 Å². The van der Waals surface area contributed by atoms with Gasteiger partial charge in [0.15, 0.2) is 11.6 Å². The molecule has 0 bridgehead atoms. The third-order valence-electron chi connectivity index (χ3n) is 3.28. The Bertz CT molecular complexity index is 860. The van der Waals surface area contributed by atoms with E-state index in [2.05, 4.69) is 10.3 Å². The van der Waals surface area contributed by atoms with Gasteiger partial charge in [-0.3, -0.25) is 4.79 Å². The first-order chi connectivity index (χ1) is 10.5. The van der Waals surface area contributed by atoms with Gasteiger partial charge in [0.25, 0.3) is 0 Å². The number of rotatable bonds is 3. The fraction of sp³-hybridized carbons (Fsp3) is 0.0625. The van der Waals surface area contributed by atoms with Crippen LogP contribution < -0.4 is 5.32 Å². The summed E-state index contributed by atoms with van der Waals surface area (Å²) in [7, 11) is 0. The van der Waals surface area contributed by atoms with Crippen LogP contribution in [0.1, 0.15) is 5.56 Å². The van der Waals surface area contributed by atoms with E-state index in [1.54, 1.807) is 18.3 Å². The lowest BCUT2D eigenvalue weighted by molar-refractivity contribution is -0.115. The van der Waals surface area contributed by atoms with Crippen molar-refractivity contribution < 1.29 is 13.6 Å². The quantitative estimate of drug-likeness (QED) is 0.743. The first kappa shape index (κ1) is 14.5. The molecule has 0 aliphatic carbocycles. The molecule has 2 aromatic carbocycles. The lowest BCUT2D eigenvalue weighted by atomic mass is 10.1. The van der Waals surface area contributed by atoms with Crippen molar-refractivity contribution in [3.8, 4) is 0 Å². The number of aromatic amines is 1. The molecule has 1 aromatic heterocycles. The molecule has 0 radical (unpaired) electrons. The fourth-order valence-corrected chi connectivity index (χ4v) is 2.43. The van der Waals surface area contributed by atoms with E-state index in [1.165, 1.54) is 6.07 Å². The first-order valence-corrected chi connectivity index (χ1v) is 6.91. The number of benzene rings is 2. The molecule has 1 heterocycles. The highest BCUT2D eigenvalue weighted by Crippen LogP contribution is 2.23. The molecule has 3 rings (SSSR count). The second-order valence-corrected chi connectivity index (χ2v) is 5.29. The number of amides is 1. The average Bonchev–Trinajstić information content (AvgIpc) is 2.85. The molecule has 6 heteroatoms. The molecule has 0 spiro atoms. The van der Waals surface area contributed by atoms with E-state index in [0.29, 0.717) is 5.02 Å². The van der Waals surface area contributed by atoms with Crippen LogP contribution in [0.15, 0.2) is 42.6 Å². The van der Waals surface area contributed by atoms with Crippen molar-refractivity contribution in [1.29, 1.82) is 0 Å². The Labute approximate surface area is 129 Å². The number of carbonyl (C=O) groups is 1. The third kappa shape index (κ3) is 2.94. The Balaban J connectivity index is 1.76. The van der Waals surface area contributed by atoms with E-state index in [9.17, 15) is 13.6 Å². The third-order valence-corrected chi connectivity index (χ3v) is 3.52. The summed E-state index contributed by atoms with van der Waals surface area (Å²) >= 11 is 5.90. The summed E-state index contributed by atoms with van der Waals surface area (Å²) in [4.78, 5) is 15.1. The average molecular weight is 321 g/mol. The normalized spacial score (nSPS) is 10.9. The highest BCUT2D eigenvalue weighted by atomic mass is 35.5. The Morgan fingerprint density at radius 2 is 1.95 bits per heavy atom. The molecular weight excluding hydrogens is 310 g/mol. The zero-order valence-corrected chi connectivity index (χ0v) is 12.0. The van der Waals surface area contributed by atoms with E-state index in [-0.39, 0.29) is 18.0 Å². The van der Waals surface area contributed by atoms with Crippen molar-refractivity contribution in [3.63, 3.8) is 0 Å². The lowest BCUT2D eigenvalue weighted by Gasteiger charge is -2.05. The Kier molecular flexibility index (Phi) is 3.81. The van der Waals surface area contributed by atoms with Crippen LogP contribution >= 0.6 is 11.6 Å². The standard InChI is InChI=1S/C16H11ClF2N2O/c17-10-1-3-12-9(8-20-15(12)6-10)5-16(22)21-11-2-4-13(18)14(19)7-11/h1-4,6-8,20H,5H2,(H,21,22). The number of fused-ring (bicyclic) bond motifs is 1. The van der Waals surface area contributed by atoms with Gasteiger partial charge in [-0.05, 0) is 29.8 Å². The molecule has 1 amide bonds. The van der Waals surface area contributed by atoms with Crippen LogP contribution in [0.25, 0.3) is 10.9 Å². The van der Waals surface area contributed by atoms with Gasteiger partial charge in [-0.2, -0.15) is 0 Å². The van der Waals surface area contributed by atoms with Crippen LogP contribution in [0.3, 0.4) is 0 Å². The van der Waals surface area contributed by atoms with Crippen LogP contribution in [-0.2, 0) is 11.2 Å². The molecule has 0 fully saturated rings. The number of H-pyrrole nitrogens is 1. The molecule has 2 N–H and O–H groups in total. The Hall–Kier alpha value is -2.40. The Morgan fingerprint density at radius 1 is 1.14 bits per heavy atom. The van der Waals surface area contributed by atoms with Gasteiger partial charge in [-0.15, -0.1) is 0 Å². The minimum Gasteiger partial charge on any atom is -0.361 e. The predicted octanol–water partition coefficient (Wildman–Crippen LogP) is 4.28. The summed E-state index contributed by atoms with van der Waals surface area (Å²) in [5.41, 5.74) is 1.85. The van der Waals surface area contributed by atoms with Gasteiger partial charge in [0, 0.05) is 33.9 Å². The van der Waals surface area contributed by atoms with Crippen molar-refractivity contribution in [2.45, 2.75) is 6.42 Å². The minimum absolute atomic E-state index is 0.112. The molecule has 3 nitrogen and oxygen atoms in total. The van der Waals surface area contributed by atoms with Crippen LogP contribution in [0, 0.1) is 11.6 Å². The summed E-state index contributed by atoms with van der Waals surface area (Å²) in [6.07, 6.45) is 1.84. The monoisotopic (exact) mass is 320 g/mol. The fourth-order valence-electron chi connectivity index (χ4n) is 2.26. The smallest absolute Gasteiger partial charge is 0.228 e. The summed E-state index contributed by atoms with van der Waals surface area (Å²) in [5.74, 6) is -2.27. The second-order valence-electron chi connectivity index (χ2n) is 4.86. The SMILES string of the molecule is O=C(Cc1c[nH]c2cc(Cl)ccc12)Nc1ccc(F)c(F)c1. The predicted molar refractivity (Wildman–Crippen MR) is 82.0 cm³/mol. The molecule has 0 saturated carbocycles. The van der Waals surface area contributed by atoms with Crippen LogP contribution in [0.5, 0.6) is 0 Å². The summed E-state index contributed by atoms with van der Waals surface area (Å²) in [6.45, 7) is 0. The summed E-state index contributed by atoms with van der Waals surface area (Å²) < 4.78 is 26.0. The summed E-state index contributed by atoms with van der Waals surface area (Å²) in [6, 6.07) is 8.57. The maximum absolute atomic E-state index is 13.1. The van der Waals surface area contributed by atoms with Gasteiger partial charge in [-0.25, -0.2) is 8.78 Å². The van der Waals surface area contributed by atoms with Crippen LogP contribution in [-0.4, -0.2) is 10.9 Å². The number of aromatic nitrogens is 1. The van der Waals surface area contributed by atoms with Gasteiger partial charge in [-0.1, -0.05) is 17.7 Å². The maximum atomic E-state index is 13.1. The van der Waals surface area contributed by atoms with E-state index >= 15 is 0 Å². The highest BCUT2D eigenvalue weighted by Gasteiger charge is 2.10. The number of nitrogens with one attached hydrogen (secondary N) is 2. The zero-order valence-electron chi connectivity index (χ0n) is 11.3. The molecular formula is C16H11ClF2N2O. The van der Waals surface area contributed by atoms with Crippen molar-refractivity contribution in [2.24, 2.45) is 0 Å². The molecule has 0 unspecified atom stereocenters. The minimum atomic E-state index is -1.00. The molecule has 3 aromatic rings. The summed E-state index contributed by atoms with van der Waals surface area (Å²) in [5, 5.41) is 4.04. The molecule has 22 heavy (non-hydrogen) atoms. The first-order valence-electron chi connectivity index (χ1n) is 6.53. The molecule has 0 atom stereocenters. The molecule has 0 saturated heterocycles. The van der Waals surface area contributed by atoms with Crippen molar-refractivity contribution >= 4 is 34.1 Å². The van der Waals surface area contributed by atoms with Gasteiger partial charge >= 0.3 is 0 Å².